The smallest absolute Gasteiger partial charge is 0.141 e. The maximum atomic E-state index is 12.7. The largest absolute Gasteiger partial charge is 0.310 e. The second kappa shape index (κ2) is 4.85. The quantitative estimate of drug-likeness (QED) is 0.820. The summed E-state index contributed by atoms with van der Waals surface area (Å²) in [6, 6.07) is 6.53. The normalized spacial score (nSPS) is 12.6. The van der Waals surface area contributed by atoms with Crippen LogP contribution in [0.2, 0.25) is 0 Å². The van der Waals surface area contributed by atoms with Gasteiger partial charge in [0.05, 0.1) is 6.04 Å². The van der Waals surface area contributed by atoms with Crippen molar-refractivity contribution in [2.45, 2.75) is 12.5 Å². The highest BCUT2D eigenvalue weighted by molar-refractivity contribution is 5.18. The van der Waals surface area contributed by atoms with Crippen LogP contribution in [0.25, 0.3) is 0 Å². The molecule has 0 aliphatic heterocycles. The van der Waals surface area contributed by atoms with Gasteiger partial charge in [0.1, 0.15) is 18.0 Å². The fourth-order valence-corrected chi connectivity index (χ4v) is 1.57. The van der Waals surface area contributed by atoms with E-state index in [-0.39, 0.29) is 11.9 Å². The van der Waals surface area contributed by atoms with Crippen LogP contribution < -0.4 is 5.32 Å². The number of hydrogen-bond acceptors (Lipinski definition) is 3. The molecule has 2 aromatic rings. The van der Waals surface area contributed by atoms with E-state index in [2.05, 4.69) is 20.5 Å². The first-order valence-corrected chi connectivity index (χ1v) is 5.06. The third kappa shape index (κ3) is 2.43. The topological polar surface area (TPSA) is 53.6 Å². The maximum absolute atomic E-state index is 12.7. The fraction of sp³-hybridized carbons (Fsp3) is 0.273. The maximum Gasteiger partial charge on any atom is 0.141 e. The Bertz CT molecular complexity index is 424. The molecule has 0 saturated carbocycles. The number of aromatic amines is 1. The van der Waals surface area contributed by atoms with Crippen molar-refractivity contribution in [2.75, 3.05) is 7.05 Å². The lowest BCUT2D eigenvalue weighted by Crippen LogP contribution is -2.20. The predicted octanol–water partition coefficient (Wildman–Crippen LogP) is 1.45. The lowest BCUT2D eigenvalue weighted by Gasteiger charge is -2.12. The molecule has 16 heavy (non-hydrogen) atoms. The monoisotopic (exact) mass is 220 g/mol. The molecule has 1 aromatic carbocycles. The molecule has 2 rings (SSSR count). The Hall–Kier alpha value is -1.75. The molecule has 0 aliphatic rings. The van der Waals surface area contributed by atoms with Crippen LogP contribution in [0, 0.1) is 5.82 Å². The number of nitrogens with one attached hydrogen (secondary N) is 2. The van der Waals surface area contributed by atoms with Gasteiger partial charge in [0, 0.05) is 0 Å². The van der Waals surface area contributed by atoms with Gasteiger partial charge in [0.15, 0.2) is 0 Å². The van der Waals surface area contributed by atoms with E-state index < -0.39 is 0 Å². The number of hydrogen-bond donors (Lipinski definition) is 2. The zero-order valence-corrected chi connectivity index (χ0v) is 8.94. The molecule has 5 heteroatoms. The first-order valence-electron chi connectivity index (χ1n) is 5.06. The Balaban J connectivity index is 2.10. The second-order valence-electron chi connectivity index (χ2n) is 3.54. The lowest BCUT2D eigenvalue weighted by atomic mass is 10.1. The van der Waals surface area contributed by atoms with Crippen LogP contribution in [0.15, 0.2) is 30.6 Å². The number of halogens is 1. The van der Waals surface area contributed by atoms with Gasteiger partial charge in [-0.15, -0.1) is 0 Å². The van der Waals surface area contributed by atoms with E-state index >= 15 is 0 Å². The van der Waals surface area contributed by atoms with Crippen LogP contribution in [-0.4, -0.2) is 22.2 Å². The van der Waals surface area contributed by atoms with Gasteiger partial charge in [-0.1, -0.05) is 12.1 Å². The van der Waals surface area contributed by atoms with Crippen molar-refractivity contribution < 1.29 is 4.39 Å². The van der Waals surface area contributed by atoms with Gasteiger partial charge in [-0.25, -0.2) is 9.37 Å². The Morgan fingerprint density at radius 1 is 1.38 bits per heavy atom. The van der Waals surface area contributed by atoms with E-state index in [0.29, 0.717) is 0 Å². The lowest BCUT2D eigenvalue weighted by molar-refractivity contribution is 0.558. The average Bonchev–Trinajstić information content (AvgIpc) is 2.82. The minimum atomic E-state index is -0.218. The summed E-state index contributed by atoms with van der Waals surface area (Å²) < 4.78 is 12.7. The van der Waals surface area contributed by atoms with Gasteiger partial charge in [0.25, 0.3) is 0 Å². The molecule has 0 radical (unpaired) electrons. The van der Waals surface area contributed by atoms with Crippen LogP contribution in [0.1, 0.15) is 17.4 Å². The Labute approximate surface area is 92.9 Å². The third-order valence-electron chi connectivity index (χ3n) is 2.47. The fourth-order valence-electron chi connectivity index (χ4n) is 1.57. The number of likely N-dealkylation sites (N-methyl/N-ethyl adjacent to an activating group) is 1. The van der Waals surface area contributed by atoms with Crippen molar-refractivity contribution in [1.29, 1.82) is 0 Å². The van der Waals surface area contributed by atoms with Crippen LogP contribution in [0.4, 0.5) is 4.39 Å². The molecule has 0 spiro atoms. The molecule has 0 saturated heterocycles. The first kappa shape index (κ1) is 10.8. The Morgan fingerprint density at radius 3 is 2.69 bits per heavy atom. The first-order chi connectivity index (χ1) is 7.79. The molecule has 0 aliphatic carbocycles. The Kier molecular flexibility index (Phi) is 3.26. The van der Waals surface area contributed by atoms with Crippen molar-refractivity contribution in [3.05, 3.63) is 47.8 Å². The van der Waals surface area contributed by atoms with Crippen molar-refractivity contribution in [1.82, 2.24) is 20.5 Å². The SMILES string of the molecule is CNC(Cc1ccc(F)cc1)c1ncn[nH]1. The highest BCUT2D eigenvalue weighted by Crippen LogP contribution is 2.14. The zero-order valence-electron chi connectivity index (χ0n) is 8.94. The summed E-state index contributed by atoms with van der Waals surface area (Å²) in [6.45, 7) is 0. The zero-order chi connectivity index (χ0) is 11.4. The van der Waals surface area contributed by atoms with Crippen molar-refractivity contribution in [3.8, 4) is 0 Å². The number of benzene rings is 1. The van der Waals surface area contributed by atoms with E-state index in [0.717, 1.165) is 17.8 Å². The van der Waals surface area contributed by atoms with Gasteiger partial charge in [-0.05, 0) is 31.2 Å². The molecular weight excluding hydrogens is 207 g/mol. The highest BCUT2D eigenvalue weighted by atomic mass is 19.1. The van der Waals surface area contributed by atoms with Crippen LogP contribution >= 0.6 is 0 Å². The summed E-state index contributed by atoms with van der Waals surface area (Å²) in [5.41, 5.74) is 1.05. The molecule has 1 heterocycles. The summed E-state index contributed by atoms with van der Waals surface area (Å²) in [4.78, 5) is 4.10. The molecule has 0 amide bonds. The standard InChI is InChI=1S/C11H13FN4/c1-13-10(11-14-7-15-16-11)6-8-2-4-9(12)5-3-8/h2-5,7,10,13H,6H2,1H3,(H,14,15,16). The molecule has 84 valence electrons. The number of nitrogens with zero attached hydrogens (tertiary/aromatic N) is 2. The second-order valence-corrected chi connectivity index (χ2v) is 3.54. The van der Waals surface area contributed by atoms with E-state index in [1.54, 1.807) is 12.1 Å². The highest BCUT2D eigenvalue weighted by Gasteiger charge is 2.12. The number of H-pyrrole nitrogens is 1. The van der Waals surface area contributed by atoms with E-state index in [9.17, 15) is 4.39 Å². The van der Waals surface area contributed by atoms with Gasteiger partial charge < -0.3 is 5.32 Å². The van der Waals surface area contributed by atoms with Crippen molar-refractivity contribution in [2.24, 2.45) is 0 Å². The van der Waals surface area contributed by atoms with Crippen LogP contribution in [-0.2, 0) is 6.42 Å². The van der Waals surface area contributed by atoms with Gasteiger partial charge in [0.2, 0.25) is 0 Å². The van der Waals surface area contributed by atoms with E-state index in [4.69, 9.17) is 0 Å². The van der Waals surface area contributed by atoms with Crippen LogP contribution in [0.5, 0.6) is 0 Å². The van der Waals surface area contributed by atoms with Crippen molar-refractivity contribution in [3.63, 3.8) is 0 Å². The number of rotatable bonds is 4. The molecule has 1 aromatic heterocycles. The summed E-state index contributed by atoms with van der Waals surface area (Å²) in [5.74, 6) is 0.566. The average molecular weight is 220 g/mol. The summed E-state index contributed by atoms with van der Waals surface area (Å²) in [7, 11) is 1.86. The van der Waals surface area contributed by atoms with Gasteiger partial charge in [-0.2, -0.15) is 5.10 Å². The van der Waals surface area contributed by atoms with Crippen molar-refractivity contribution >= 4 is 0 Å². The summed E-state index contributed by atoms with van der Waals surface area (Å²) in [5, 5.41) is 9.77. The molecule has 0 bridgehead atoms. The minimum Gasteiger partial charge on any atom is -0.310 e. The minimum absolute atomic E-state index is 0.0629. The van der Waals surface area contributed by atoms with E-state index in [1.165, 1.54) is 18.5 Å². The van der Waals surface area contributed by atoms with Gasteiger partial charge in [-0.3, -0.25) is 5.10 Å². The summed E-state index contributed by atoms with van der Waals surface area (Å²) >= 11 is 0. The molecule has 4 nitrogen and oxygen atoms in total. The predicted molar refractivity (Wildman–Crippen MR) is 58.3 cm³/mol. The molecule has 2 N–H and O–H groups in total. The summed E-state index contributed by atoms with van der Waals surface area (Å²) in [6.07, 6.45) is 2.22. The molecule has 1 atom stereocenters. The molecular formula is C11H13FN4. The van der Waals surface area contributed by atoms with Gasteiger partial charge >= 0.3 is 0 Å². The third-order valence-corrected chi connectivity index (χ3v) is 2.47. The van der Waals surface area contributed by atoms with E-state index in [1.807, 2.05) is 7.05 Å². The Morgan fingerprint density at radius 2 is 2.12 bits per heavy atom. The number of aromatic nitrogens is 3. The van der Waals surface area contributed by atoms with Crippen LogP contribution in [0.3, 0.4) is 0 Å². The molecule has 0 fully saturated rings. The molecule has 1 unspecified atom stereocenters.